The molecule has 0 aliphatic carbocycles. The zero-order chi connectivity index (χ0) is 26.8. The molecule has 2 heterocycles. The van der Waals surface area contributed by atoms with Crippen molar-refractivity contribution in [3.8, 4) is 0 Å². The van der Waals surface area contributed by atoms with E-state index in [0.717, 1.165) is 12.0 Å². The third-order valence-corrected chi connectivity index (χ3v) is 8.07. The minimum atomic E-state index is -0.489. The molecule has 2 saturated heterocycles. The molecule has 4 nitrogen and oxygen atoms in total. The van der Waals surface area contributed by atoms with Gasteiger partial charge >= 0.3 is 14.2 Å². The summed E-state index contributed by atoms with van der Waals surface area (Å²) in [7, 11) is -0.839. The first-order chi connectivity index (χ1) is 16.6. The highest BCUT2D eigenvalue weighted by atomic mass is 35.5. The van der Waals surface area contributed by atoms with Crippen molar-refractivity contribution in [1.29, 1.82) is 0 Å². The molecule has 2 aromatic rings. The number of benzene rings is 2. The summed E-state index contributed by atoms with van der Waals surface area (Å²) in [5.41, 5.74) is 0.887. The number of hydrogen-bond acceptors (Lipinski definition) is 4. The van der Waals surface area contributed by atoms with E-state index in [9.17, 15) is 0 Å². The van der Waals surface area contributed by atoms with Crippen LogP contribution in [-0.2, 0) is 25.0 Å². The minimum absolute atomic E-state index is 0. The van der Waals surface area contributed by atoms with E-state index < -0.39 is 7.12 Å². The Morgan fingerprint density at radius 3 is 1.55 bits per heavy atom. The summed E-state index contributed by atoms with van der Waals surface area (Å²) in [6, 6.07) is 20.1. The van der Waals surface area contributed by atoms with Crippen LogP contribution in [0.25, 0.3) is 6.08 Å². The van der Waals surface area contributed by atoms with Gasteiger partial charge in [0.2, 0.25) is 0 Å². The number of hydrogen-bond donors (Lipinski definition) is 0. The number of rotatable bonds is 5. The molecule has 2 fully saturated rings. The van der Waals surface area contributed by atoms with E-state index in [1.54, 1.807) is 0 Å². The molecule has 210 valence electrons. The van der Waals surface area contributed by atoms with E-state index in [1.165, 1.54) is 5.56 Å². The molecule has 0 saturated carbocycles. The quantitative estimate of drug-likeness (QED) is 0.270. The van der Waals surface area contributed by atoms with Crippen LogP contribution in [-0.4, -0.2) is 41.9 Å². The maximum atomic E-state index is 6.43. The fraction of sp³-hybridized carbons (Fsp3) is 0.533. The first-order valence-corrected chi connectivity index (χ1v) is 13.3. The van der Waals surface area contributed by atoms with Crippen LogP contribution in [0.5, 0.6) is 0 Å². The molecule has 1 atom stereocenters. The molecule has 38 heavy (non-hydrogen) atoms. The van der Waals surface area contributed by atoms with Gasteiger partial charge in [-0.3, -0.25) is 0 Å². The zero-order valence-corrected chi connectivity index (χ0v) is 24.2. The van der Waals surface area contributed by atoms with Crippen molar-refractivity contribution < 1.29 is 18.6 Å². The van der Waals surface area contributed by atoms with Gasteiger partial charge in [-0.2, -0.15) is 0 Å². The van der Waals surface area contributed by atoms with Crippen molar-refractivity contribution in [2.75, 3.05) is 0 Å². The standard InChI is InChI=1S/C14H20BClO2.C14H18BClO2.2CH4/c2*1-13(2)14(3,4)18-15(17-13)12(16)10-11-8-6-5-7-9-11;;/h5-9,12H,10H2,1-4H3;5-10H,1-4H3;2*1H4/b;12-10+;;. The lowest BCUT2D eigenvalue weighted by molar-refractivity contribution is 0.00578. The van der Waals surface area contributed by atoms with Crippen LogP contribution in [0.1, 0.15) is 81.4 Å². The Balaban J connectivity index is 0.000000361. The summed E-state index contributed by atoms with van der Waals surface area (Å²) < 4.78 is 23.6. The summed E-state index contributed by atoms with van der Waals surface area (Å²) in [5.74, 6) is 0. The van der Waals surface area contributed by atoms with Crippen LogP contribution in [0.15, 0.2) is 65.6 Å². The van der Waals surface area contributed by atoms with Gasteiger partial charge < -0.3 is 18.6 Å². The van der Waals surface area contributed by atoms with E-state index in [-0.39, 0.29) is 49.7 Å². The highest BCUT2D eigenvalue weighted by Crippen LogP contribution is 2.40. The Bertz CT molecular complexity index is 995. The summed E-state index contributed by atoms with van der Waals surface area (Å²) in [6.45, 7) is 16.2. The van der Waals surface area contributed by atoms with E-state index in [2.05, 4.69) is 12.1 Å². The molecule has 0 N–H and O–H groups in total. The maximum absolute atomic E-state index is 6.43. The van der Waals surface area contributed by atoms with Crippen molar-refractivity contribution in [2.24, 2.45) is 0 Å². The molecule has 0 aromatic heterocycles. The van der Waals surface area contributed by atoms with Crippen molar-refractivity contribution >= 4 is 43.5 Å². The Morgan fingerprint density at radius 1 is 0.711 bits per heavy atom. The molecule has 8 heteroatoms. The van der Waals surface area contributed by atoms with E-state index in [4.69, 9.17) is 41.8 Å². The van der Waals surface area contributed by atoms with Gasteiger partial charge in [-0.15, -0.1) is 11.6 Å². The fourth-order valence-corrected chi connectivity index (χ4v) is 4.20. The molecule has 2 aliphatic heterocycles. The lowest BCUT2D eigenvalue weighted by Gasteiger charge is -2.32. The Kier molecular flexibility index (Phi) is 12.2. The van der Waals surface area contributed by atoms with Gasteiger partial charge in [-0.1, -0.05) is 87.1 Å². The molecule has 0 amide bonds. The molecule has 4 rings (SSSR count). The molecule has 2 aliphatic rings. The summed E-state index contributed by atoms with van der Waals surface area (Å²) in [4.78, 5) is 0.569. The van der Waals surface area contributed by atoms with Gasteiger partial charge in [0.1, 0.15) is 0 Å². The van der Waals surface area contributed by atoms with Crippen LogP contribution in [0.4, 0.5) is 0 Å². The molecule has 0 spiro atoms. The minimum Gasteiger partial charge on any atom is -0.402 e. The van der Waals surface area contributed by atoms with Crippen molar-refractivity contribution in [2.45, 2.75) is 104 Å². The SMILES string of the molecule is C.C.CC1(C)OB(/C(Cl)=C\c2ccccc2)OC1(C)C.CC1(C)OB(C(Cl)Cc2ccccc2)OC1(C)C. The fourth-order valence-electron chi connectivity index (χ4n) is 3.70. The number of halogens is 2. The highest BCUT2D eigenvalue weighted by molar-refractivity contribution is 6.71. The van der Waals surface area contributed by atoms with Crippen LogP contribution >= 0.6 is 23.2 Å². The first kappa shape index (κ1) is 34.8. The Labute approximate surface area is 242 Å². The topological polar surface area (TPSA) is 36.9 Å². The molecule has 1 unspecified atom stereocenters. The summed E-state index contributed by atoms with van der Waals surface area (Å²) in [5, 5.41) is -0.173. The van der Waals surface area contributed by atoms with Gasteiger partial charge in [0, 0.05) is 4.93 Å². The lowest BCUT2D eigenvalue weighted by Crippen LogP contribution is -2.41. The summed E-state index contributed by atoms with van der Waals surface area (Å²) >= 11 is 12.7. The monoisotopic (exact) mass is 562 g/mol. The van der Waals surface area contributed by atoms with Crippen molar-refractivity contribution in [1.82, 2.24) is 0 Å². The van der Waals surface area contributed by atoms with E-state index in [0.29, 0.717) is 4.93 Å². The van der Waals surface area contributed by atoms with Crippen molar-refractivity contribution in [3.05, 3.63) is 76.7 Å². The largest absolute Gasteiger partial charge is 0.506 e. The van der Waals surface area contributed by atoms with Gasteiger partial charge in [0.25, 0.3) is 0 Å². The highest BCUT2D eigenvalue weighted by Gasteiger charge is 2.54. The average Bonchev–Trinajstić information content (AvgIpc) is 3.15. The van der Waals surface area contributed by atoms with Crippen LogP contribution in [0.2, 0.25) is 0 Å². The number of alkyl halides is 1. The molecule has 0 bridgehead atoms. The van der Waals surface area contributed by atoms with Crippen molar-refractivity contribution in [3.63, 3.8) is 0 Å². The molecule has 2 aromatic carbocycles. The second-order valence-electron chi connectivity index (χ2n) is 11.4. The van der Waals surface area contributed by atoms with Crippen LogP contribution < -0.4 is 0 Å². The normalized spacial score (nSPS) is 21.5. The van der Waals surface area contributed by atoms with E-state index >= 15 is 0 Å². The van der Waals surface area contributed by atoms with Gasteiger partial charge in [-0.25, -0.2) is 0 Å². The first-order valence-electron chi connectivity index (χ1n) is 12.4. The Hall–Kier alpha value is -1.27. The van der Waals surface area contributed by atoms with Gasteiger partial charge in [0.15, 0.2) is 0 Å². The third kappa shape index (κ3) is 8.36. The zero-order valence-electron chi connectivity index (χ0n) is 22.7. The Morgan fingerprint density at radius 2 is 1.11 bits per heavy atom. The van der Waals surface area contributed by atoms with Crippen LogP contribution in [0.3, 0.4) is 0 Å². The average molecular weight is 563 g/mol. The van der Waals surface area contributed by atoms with Gasteiger partial charge in [0.05, 0.1) is 27.7 Å². The molecular weight excluding hydrogens is 517 g/mol. The molecular formula is C30H46B2Cl2O4. The third-order valence-electron chi connectivity index (χ3n) is 7.42. The predicted octanol–water partition coefficient (Wildman–Crippen LogP) is 8.64. The molecule has 0 radical (unpaired) electrons. The lowest BCUT2D eigenvalue weighted by atomic mass is 9.80. The predicted molar refractivity (Wildman–Crippen MR) is 166 cm³/mol. The maximum Gasteiger partial charge on any atom is 0.506 e. The smallest absolute Gasteiger partial charge is 0.402 e. The second kappa shape index (κ2) is 13.4. The van der Waals surface area contributed by atoms with Gasteiger partial charge in [-0.05, 0) is 79.0 Å². The van der Waals surface area contributed by atoms with E-state index in [1.807, 2.05) is 110 Å². The second-order valence-corrected chi connectivity index (χ2v) is 12.4. The summed E-state index contributed by atoms with van der Waals surface area (Å²) in [6.07, 6.45) is 2.63. The van der Waals surface area contributed by atoms with Crippen LogP contribution in [0, 0.1) is 0 Å².